The molecule has 0 saturated heterocycles. The molecule has 86 valence electrons. The summed E-state index contributed by atoms with van der Waals surface area (Å²) in [7, 11) is 6.24. The van der Waals surface area contributed by atoms with Crippen LogP contribution in [-0.4, -0.2) is 61.3 Å². The van der Waals surface area contributed by atoms with E-state index in [2.05, 4.69) is 30.9 Å². The average molecular weight is 202 g/mol. The van der Waals surface area contributed by atoms with Gasteiger partial charge in [-0.2, -0.15) is 0 Å². The summed E-state index contributed by atoms with van der Waals surface area (Å²) in [5.74, 6) is 0. The second kappa shape index (κ2) is 6.38. The van der Waals surface area contributed by atoms with Crippen LogP contribution in [-0.2, 0) is 0 Å². The zero-order valence-electron chi connectivity index (χ0n) is 10.4. The summed E-state index contributed by atoms with van der Waals surface area (Å²) in [4.78, 5) is 4.39. The topological polar surface area (TPSA) is 26.7 Å². The van der Waals surface area contributed by atoms with E-state index in [-0.39, 0.29) is 0 Å². The molecule has 0 aromatic rings. The Bertz CT molecular complexity index is 146. The molecule has 1 unspecified atom stereocenters. The number of rotatable bonds is 7. The molecule has 0 spiro atoms. The van der Waals surface area contributed by atoms with Crippen molar-refractivity contribution in [3.63, 3.8) is 0 Å². The normalized spacial score (nSPS) is 16.3. The fraction of sp³-hybridized carbons (Fsp3) is 1.00. The molecule has 0 saturated carbocycles. The van der Waals surface area contributed by atoms with Crippen LogP contribution in [0.4, 0.5) is 0 Å². The molecule has 0 heterocycles. The second-order valence-corrected chi connectivity index (χ2v) is 4.75. The monoisotopic (exact) mass is 202 g/mol. The molecule has 0 fully saturated rings. The average Bonchev–Trinajstić information content (AvgIpc) is 2.02. The Kier molecular flexibility index (Phi) is 6.33. The number of nitrogens with zero attached hydrogens (tertiary/aromatic N) is 2. The lowest BCUT2D eigenvalue weighted by atomic mass is 10.0. The number of likely N-dealkylation sites (N-methyl/N-ethyl adjacent to an activating group) is 1. The molecule has 3 nitrogen and oxygen atoms in total. The van der Waals surface area contributed by atoms with E-state index in [4.69, 9.17) is 0 Å². The smallest absolute Gasteiger partial charge is 0.0743 e. The van der Waals surface area contributed by atoms with Gasteiger partial charge in [-0.05, 0) is 54.0 Å². The molecule has 0 rings (SSSR count). The van der Waals surface area contributed by atoms with Crippen molar-refractivity contribution in [2.24, 2.45) is 0 Å². The zero-order chi connectivity index (χ0) is 11.2. The second-order valence-electron chi connectivity index (χ2n) is 4.75. The highest BCUT2D eigenvalue weighted by molar-refractivity contribution is 4.74. The highest BCUT2D eigenvalue weighted by Crippen LogP contribution is 2.09. The van der Waals surface area contributed by atoms with Crippen LogP contribution in [0.3, 0.4) is 0 Å². The molecule has 0 aliphatic rings. The van der Waals surface area contributed by atoms with Crippen molar-refractivity contribution >= 4 is 0 Å². The summed E-state index contributed by atoms with van der Waals surface area (Å²) in [5.41, 5.74) is -0.535. The Morgan fingerprint density at radius 1 is 1.14 bits per heavy atom. The largest absolute Gasteiger partial charge is 0.389 e. The highest BCUT2D eigenvalue weighted by atomic mass is 16.3. The standard InChI is InChI=1S/C11H26N2O/c1-6-11(2,14)10-13(5)9-7-8-12(3)4/h14H,6-10H2,1-5H3. The van der Waals surface area contributed by atoms with Gasteiger partial charge in [-0.3, -0.25) is 0 Å². The Labute approximate surface area is 88.7 Å². The maximum atomic E-state index is 9.85. The van der Waals surface area contributed by atoms with E-state index in [9.17, 15) is 5.11 Å². The molecular weight excluding hydrogens is 176 g/mol. The molecule has 0 aromatic heterocycles. The summed E-state index contributed by atoms with van der Waals surface area (Å²) in [6.45, 7) is 6.84. The van der Waals surface area contributed by atoms with E-state index in [1.54, 1.807) is 0 Å². The van der Waals surface area contributed by atoms with Gasteiger partial charge in [0.05, 0.1) is 5.60 Å². The van der Waals surface area contributed by atoms with E-state index >= 15 is 0 Å². The third-order valence-corrected chi connectivity index (χ3v) is 2.52. The predicted molar refractivity (Wildman–Crippen MR) is 61.6 cm³/mol. The van der Waals surface area contributed by atoms with Crippen LogP contribution in [0.25, 0.3) is 0 Å². The van der Waals surface area contributed by atoms with Gasteiger partial charge < -0.3 is 14.9 Å². The molecule has 1 N–H and O–H groups in total. The molecule has 3 heteroatoms. The minimum atomic E-state index is -0.535. The van der Waals surface area contributed by atoms with E-state index in [0.717, 1.165) is 32.5 Å². The van der Waals surface area contributed by atoms with Crippen molar-refractivity contribution in [3.05, 3.63) is 0 Å². The first-order chi connectivity index (χ1) is 6.37. The molecule has 0 aliphatic heterocycles. The lowest BCUT2D eigenvalue weighted by molar-refractivity contribution is 0.0231. The number of aliphatic hydroxyl groups is 1. The maximum Gasteiger partial charge on any atom is 0.0743 e. The third kappa shape index (κ3) is 7.30. The van der Waals surface area contributed by atoms with Crippen molar-refractivity contribution in [2.75, 3.05) is 40.8 Å². The van der Waals surface area contributed by atoms with Crippen molar-refractivity contribution < 1.29 is 5.11 Å². The summed E-state index contributed by atoms with van der Waals surface area (Å²) < 4.78 is 0. The summed E-state index contributed by atoms with van der Waals surface area (Å²) >= 11 is 0. The van der Waals surface area contributed by atoms with Gasteiger partial charge in [-0.25, -0.2) is 0 Å². The number of hydrogen-bond acceptors (Lipinski definition) is 3. The first kappa shape index (κ1) is 13.9. The first-order valence-electron chi connectivity index (χ1n) is 5.43. The third-order valence-electron chi connectivity index (χ3n) is 2.52. The van der Waals surface area contributed by atoms with E-state index < -0.39 is 5.60 Å². The molecule has 0 amide bonds. The minimum Gasteiger partial charge on any atom is -0.389 e. The van der Waals surface area contributed by atoms with Crippen LogP contribution in [0.5, 0.6) is 0 Å². The Balaban J connectivity index is 3.60. The van der Waals surface area contributed by atoms with Crippen LogP contribution in [0.15, 0.2) is 0 Å². The summed E-state index contributed by atoms with van der Waals surface area (Å²) in [6.07, 6.45) is 1.97. The van der Waals surface area contributed by atoms with Crippen LogP contribution in [0, 0.1) is 0 Å². The van der Waals surface area contributed by atoms with E-state index in [1.807, 2.05) is 13.8 Å². The van der Waals surface area contributed by atoms with E-state index in [0.29, 0.717) is 0 Å². The predicted octanol–water partition coefficient (Wildman–Crippen LogP) is 1.03. The summed E-state index contributed by atoms with van der Waals surface area (Å²) in [6, 6.07) is 0. The molecule has 14 heavy (non-hydrogen) atoms. The van der Waals surface area contributed by atoms with Gasteiger partial charge >= 0.3 is 0 Å². The van der Waals surface area contributed by atoms with Gasteiger partial charge in [0.25, 0.3) is 0 Å². The summed E-state index contributed by atoms with van der Waals surface area (Å²) in [5, 5.41) is 9.85. The fourth-order valence-electron chi connectivity index (χ4n) is 1.43. The lowest BCUT2D eigenvalue weighted by Crippen LogP contribution is -2.39. The Morgan fingerprint density at radius 2 is 1.71 bits per heavy atom. The van der Waals surface area contributed by atoms with Crippen molar-refractivity contribution in [1.82, 2.24) is 9.80 Å². The molecule has 1 atom stereocenters. The first-order valence-corrected chi connectivity index (χ1v) is 5.43. The molecular formula is C11H26N2O. The highest BCUT2D eigenvalue weighted by Gasteiger charge is 2.19. The van der Waals surface area contributed by atoms with E-state index in [1.165, 1.54) is 0 Å². The molecule has 0 aliphatic carbocycles. The maximum absolute atomic E-state index is 9.85. The molecule has 0 aromatic carbocycles. The lowest BCUT2D eigenvalue weighted by Gasteiger charge is -2.28. The Hall–Kier alpha value is -0.120. The molecule has 0 radical (unpaired) electrons. The van der Waals surface area contributed by atoms with Crippen LogP contribution < -0.4 is 0 Å². The quantitative estimate of drug-likeness (QED) is 0.668. The van der Waals surface area contributed by atoms with Gasteiger partial charge in [-0.1, -0.05) is 6.92 Å². The fourth-order valence-corrected chi connectivity index (χ4v) is 1.43. The van der Waals surface area contributed by atoms with Gasteiger partial charge in [0.2, 0.25) is 0 Å². The van der Waals surface area contributed by atoms with Crippen LogP contribution in [0.2, 0.25) is 0 Å². The SMILES string of the molecule is CCC(C)(O)CN(C)CCCN(C)C. The van der Waals surface area contributed by atoms with Crippen LogP contribution >= 0.6 is 0 Å². The zero-order valence-corrected chi connectivity index (χ0v) is 10.4. The van der Waals surface area contributed by atoms with Crippen molar-refractivity contribution in [1.29, 1.82) is 0 Å². The number of hydrogen-bond donors (Lipinski definition) is 1. The van der Waals surface area contributed by atoms with Crippen LogP contribution in [0.1, 0.15) is 26.7 Å². The van der Waals surface area contributed by atoms with Gasteiger partial charge in [-0.15, -0.1) is 0 Å². The Morgan fingerprint density at radius 3 is 2.14 bits per heavy atom. The molecule has 0 bridgehead atoms. The minimum absolute atomic E-state index is 0.535. The van der Waals surface area contributed by atoms with Crippen molar-refractivity contribution in [2.45, 2.75) is 32.3 Å². The van der Waals surface area contributed by atoms with Crippen molar-refractivity contribution in [3.8, 4) is 0 Å². The van der Waals surface area contributed by atoms with Gasteiger partial charge in [0, 0.05) is 6.54 Å². The van der Waals surface area contributed by atoms with Gasteiger partial charge in [0.1, 0.15) is 0 Å². The van der Waals surface area contributed by atoms with Gasteiger partial charge in [0.15, 0.2) is 0 Å².